The second-order valence-corrected chi connectivity index (χ2v) is 6.77. The Balaban J connectivity index is 1.67. The fourth-order valence-corrected chi connectivity index (χ4v) is 3.66. The van der Waals surface area contributed by atoms with Crippen LogP contribution in [0.4, 0.5) is 5.69 Å². The molecule has 0 aliphatic carbocycles. The van der Waals surface area contributed by atoms with Crippen LogP contribution in [0.2, 0.25) is 0 Å². The molecule has 6 heteroatoms. The normalized spacial score (nSPS) is 10.8. The van der Waals surface area contributed by atoms with Gasteiger partial charge < -0.3 is 14.8 Å². The monoisotopic (exact) mass is 364 g/mol. The number of thiophene rings is 1. The summed E-state index contributed by atoms with van der Waals surface area (Å²) >= 11 is 1.37. The standard InChI is InChI=1S/C20H16N2O3S/c1-24-15-5-3-4-14(11-15)21-19(23)18-10-13-8-12-9-16(25-2)6-7-17(12)22-20(13)26-18/h3-11H,1-2H3,(H,21,23). The molecule has 0 spiro atoms. The Labute approximate surface area is 154 Å². The lowest BCUT2D eigenvalue weighted by Crippen LogP contribution is -2.09. The summed E-state index contributed by atoms with van der Waals surface area (Å²) in [5.41, 5.74) is 1.56. The van der Waals surface area contributed by atoms with Crippen LogP contribution in [-0.2, 0) is 0 Å². The fourth-order valence-electron chi connectivity index (χ4n) is 2.75. The third kappa shape index (κ3) is 3.07. The molecule has 1 N–H and O–H groups in total. The van der Waals surface area contributed by atoms with Gasteiger partial charge in [0.15, 0.2) is 0 Å². The number of ether oxygens (including phenoxy) is 2. The summed E-state index contributed by atoms with van der Waals surface area (Å²) in [5, 5.41) is 4.81. The van der Waals surface area contributed by atoms with Gasteiger partial charge in [-0.1, -0.05) is 6.07 Å². The maximum Gasteiger partial charge on any atom is 0.265 e. The van der Waals surface area contributed by atoms with Crippen molar-refractivity contribution in [2.45, 2.75) is 0 Å². The zero-order chi connectivity index (χ0) is 18.1. The number of nitrogens with one attached hydrogen (secondary N) is 1. The van der Waals surface area contributed by atoms with Crippen molar-refractivity contribution in [1.82, 2.24) is 4.98 Å². The first-order valence-electron chi connectivity index (χ1n) is 8.00. The maximum atomic E-state index is 12.6. The average molecular weight is 364 g/mol. The number of amides is 1. The van der Waals surface area contributed by atoms with Gasteiger partial charge in [0.2, 0.25) is 0 Å². The van der Waals surface area contributed by atoms with Crippen LogP contribution >= 0.6 is 11.3 Å². The molecule has 2 aromatic heterocycles. The van der Waals surface area contributed by atoms with Crippen molar-refractivity contribution in [2.75, 3.05) is 19.5 Å². The van der Waals surface area contributed by atoms with Crippen molar-refractivity contribution in [3.63, 3.8) is 0 Å². The first-order valence-corrected chi connectivity index (χ1v) is 8.81. The minimum Gasteiger partial charge on any atom is -0.497 e. The van der Waals surface area contributed by atoms with Gasteiger partial charge in [-0.3, -0.25) is 4.79 Å². The molecule has 4 rings (SSSR count). The van der Waals surface area contributed by atoms with E-state index in [9.17, 15) is 4.79 Å². The molecule has 0 atom stereocenters. The Morgan fingerprint density at radius 3 is 2.58 bits per heavy atom. The predicted octanol–water partition coefficient (Wildman–Crippen LogP) is 4.72. The van der Waals surface area contributed by atoms with Crippen molar-refractivity contribution in [2.24, 2.45) is 0 Å². The lowest BCUT2D eigenvalue weighted by molar-refractivity contribution is 0.103. The first kappa shape index (κ1) is 16.4. The van der Waals surface area contributed by atoms with E-state index in [1.165, 1.54) is 11.3 Å². The number of carbonyl (C=O) groups excluding carboxylic acids is 1. The quantitative estimate of drug-likeness (QED) is 0.569. The number of anilines is 1. The van der Waals surface area contributed by atoms with E-state index in [1.807, 2.05) is 48.5 Å². The molecule has 130 valence electrons. The lowest BCUT2D eigenvalue weighted by Gasteiger charge is -2.05. The van der Waals surface area contributed by atoms with E-state index in [-0.39, 0.29) is 5.91 Å². The molecule has 0 unspecified atom stereocenters. The van der Waals surface area contributed by atoms with E-state index in [2.05, 4.69) is 10.3 Å². The van der Waals surface area contributed by atoms with Gasteiger partial charge >= 0.3 is 0 Å². The number of carbonyl (C=O) groups is 1. The van der Waals surface area contributed by atoms with E-state index in [4.69, 9.17) is 9.47 Å². The number of pyridine rings is 1. The number of aromatic nitrogens is 1. The van der Waals surface area contributed by atoms with Gasteiger partial charge in [-0.05, 0) is 42.5 Å². The highest BCUT2D eigenvalue weighted by Crippen LogP contribution is 2.29. The van der Waals surface area contributed by atoms with Crippen LogP contribution in [0, 0.1) is 0 Å². The van der Waals surface area contributed by atoms with Crippen molar-refractivity contribution in [1.29, 1.82) is 0 Å². The number of nitrogens with zero attached hydrogens (tertiary/aromatic N) is 1. The highest BCUT2D eigenvalue weighted by Gasteiger charge is 2.13. The zero-order valence-electron chi connectivity index (χ0n) is 14.3. The smallest absolute Gasteiger partial charge is 0.265 e. The maximum absolute atomic E-state index is 12.6. The van der Waals surface area contributed by atoms with E-state index >= 15 is 0 Å². The number of benzene rings is 2. The molecule has 0 radical (unpaired) electrons. The summed E-state index contributed by atoms with van der Waals surface area (Å²) in [6.45, 7) is 0. The van der Waals surface area contributed by atoms with Crippen LogP contribution in [0.3, 0.4) is 0 Å². The molecular formula is C20H16N2O3S. The predicted molar refractivity (Wildman–Crippen MR) is 105 cm³/mol. The molecule has 0 saturated carbocycles. The molecule has 5 nitrogen and oxygen atoms in total. The Morgan fingerprint density at radius 1 is 0.962 bits per heavy atom. The minimum absolute atomic E-state index is 0.164. The van der Waals surface area contributed by atoms with Gasteiger partial charge in [-0.15, -0.1) is 11.3 Å². The topological polar surface area (TPSA) is 60.5 Å². The van der Waals surface area contributed by atoms with Crippen molar-refractivity contribution in [3.8, 4) is 11.5 Å². The van der Waals surface area contributed by atoms with Gasteiger partial charge in [-0.2, -0.15) is 0 Å². The number of rotatable bonds is 4. The summed E-state index contributed by atoms with van der Waals surface area (Å²) in [6.07, 6.45) is 0. The highest BCUT2D eigenvalue weighted by molar-refractivity contribution is 7.20. The summed E-state index contributed by atoms with van der Waals surface area (Å²) in [4.78, 5) is 18.7. The molecule has 26 heavy (non-hydrogen) atoms. The molecule has 0 aliphatic heterocycles. The molecule has 0 bridgehead atoms. The van der Waals surface area contributed by atoms with Gasteiger partial charge in [0.1, 0.15) is 16.3 Å². The number of hydrogen-bond donors (Lipinski definition) is 1. The molecule has 0 saturated heterocycles. The van der Waals surface area contributed by atoms with Crippen molar-refractivity contribution < 1.29 is 14.3 Å². The largest absolute Gasteiger partial charge is 0.497 e. The van der Waals surface area contributed by atoms with Gasteiger partial charge in [-0.25, -0.2) is 4.98 Å². The summed E-state index contributed by atoms with van der Waals surface area (Å²) < 4.78 is 10.4. The molecule has 2 heterocycles. The fraction of sp³-hybridized carbons (Fsp3) is 0.100. The highest BCUT2D eigenvalue weighted by atomic mass is 32.1. The summed E-state index contributed by atoms with van der Waals surface area (Å²) in [5.74, 6) is 1.31. The third-order valence-electron chi connectivity index (χ3n) is 4.06. The molecule has 1 amide bonds. The zero-order valence-corrected chi connectivity index (χ0v) is 15.1. The first-order chi connectivity index (χ1) is 12.7. The van der Waals surface area contributed by atoms with Gasteiger partial charge in [0.25, 0.3) is 5.91 Å². The Hall–Kier alpha value is -3.12. The van der Waals surface area contributed by atoms with Crippen LogP contribution < -0.4 is 14.8 Å². The SMILES string of the molecule is COc1cccc(NC(=O)c2cc3cc4cc(OC)ccc4nc3s2)c1. The average Bonchev–Trinajstić information content (AvgIpc) is 3.08. The molecule has 0 aliphatic rings. The Morgan fingerprint density at radius 2 is 1.77 bits per heavy atom. The van der Waals surface area contributed by atoms with Gasteiger partial charge in [0, 0.05) is 22.5 Å². The molecule has 4 aromatic rings. The molecular weight excluding hydrogens is 348 g/mol. The second-order valence-electron chi connectivity index (χ2n) is 5.74. The van der Waals surface area contributed by atoms with Gasteiger partial charge in [0.05, 0.1) is 24.6 Å². The number of methoxy groups -OCH3 is 2. The van der Waals surface area contributed by atoms with E-state index < -0.39 is 0 Å². The number of fused-ring (bicyclic) bond motifs is 2. The van der Waals surface area contributed by atoms with Crippen LogP contribution in [0.1, 0.15) is 9.67 Å². The van der Waals surface area contributed by atoms with Crippen LogP contribution in [-0.4, -0.2) is 25.1 Å². The van der Waals surface area contributed by atoms with Crippen LogP contribution in [0.5, 0.6) is 11.5 Å². The van der Waals surface area contributed by atoms with E-state index in [0.29, 0.717) is 16.3 Å². The summed E-state index contributed by atoms with van der Waals surface area (Å²) in [6, 6.07) is 16.9. The van der Waals surface area contributed by atoms with Crippen molar-refractivity contribution in [3.05, 3.63) is 59.5 Å². The van der Waals surface area contributed by atoms with Crippen LogP contribution in [0.15, 0.2) is 54.6 Å². The minimum atomic E-state index is -0.164. The molecule has 2 aromatic carbocycles. The Kier molecular flexibility index (Phi) is 4.18. The summed E-state index contributed by atoms with van der Waals surface area (Å²) in [7, 11) is 3.23. The van der Waals surface area contributed by atoms with Crippen LogP contribution in [0.25, 0.3) is 21.1 Å². The second kappa shape index (κ2) is 6.65. The number of hydrogen-bond acceptors (Lipinski definition) is 5. The third-order valence-corrected chi connectivity index (χ3v) is 5.10. The lowest BCUT2D eigenvalue weighted by atomic mass is 10.2. The Bertz CT molecular complexity index is 1120. The van der Waals surface area contributed by atoms with E-state index in [1.54, 1.807) is 20.3 Å². The van der Waals surface area contributed by atoms with Crippen molar-refractivity contribution >= 4 is 44.1 Å². The van der Waals surface area contributed by atoms with E-state index in [0.717, 1.165) is 26.9 Å². The molecule has 0 fully saturated rings.